The van der Waals surface area contributed by atoms with E-state index in [1.807, 2.05) is 18.2 Å². The van der Waals surface area contributed by atoms with E-state index >= 15 is 0 Å². The molecule has 1 heterocycles. The van der Waals surface area contributed by atoms with Crippen LogP contribution in [0.3, 0.4) is 0 Å². The van der Waals surface area contributed by atoms with Crippen LogP contribution in [0.2, 0.25) is 0 Å². The average Bonchev–Trinajstić information content (AvgIpc) is 2.69. The predicted octanol–water partition coefficient (Wildman–Crippen LogP) is 3.28. The van der Waals surface area contributed by atoms with Gasteiger partial charge in [-0.3, -0.25) is 9.69 Å². The average molecular weight is 371 g/mol. The van der Waals surface area contributed by atoms with Gasteiger partial charge in [0.1, 0.15) is 0 Å². The molecule has 1 amide bonds. The summed E-state index contributed by atoms with van der Waals surface area (Å²) in [6, 6.07) is 18.8. The van der Waals surface area contributed by atoms with Gasteiger partial charge in [0.2, 0.25) is 5.91 Å². The number of aryl methyl sites for hydroxylation is 1. The highest BCUT2D eigenvalue weighted by atomic mass is 32.2. The number of nitrogens with one attached hydrogen (secondary N) is 1. The molecule has 4 nitrogen and oxygen atoms in total. The van der Waals surface area contributed by atoms with Crippen molar-refractivity contribution in [2.45, 2.75) is 17.9 Å². The lowest BCUT2D eigenvalue weighted by Gasteiger charge is -2.35. The van der Waals surface area contributed by atoms with E-state index in [0.29, 0.717) is 12.3 Å². The fraction of sp³-hybridized carbons (Fsp3) is 0.381. The Labute approximate surface area is 159 Å². The monoisotopic (exact) mass is 370 g/mol. The van der Waals surface area contributed by atoms with E-state index in [4.69, 9.17) is 4.74 Å². The van der Waals surface area contributed by atoms with Gasteiger partial charge in [-0.25, -0.2) is 0 Å². The Morgan fingerprint density at radius 3 is 2.54 bits per heavy atom. The molecular formula is C21H26N2O2S. The van der Waals surface area contributed by atoms with Crippen LogP contribution in [0.4, 0.5) is 0 Å². The number of hydrogen-bond acceptors (Lipinski definition) is 4. The number of morpholine rings is 1. The summed E-state index contributed by atoms with van der Waals surface area (Å²) in [5, 5.41) is 3.13. The molecule has 5 heteroatoms. The Balaban J connectivity index is 1.56. The van der Waals surface area contributed by atoms with Gasteiger partial charge in [0.25, 0.3) is 0 Å². The van der Waals surface area contributed by atoms with Gasteiger partial charge in [0.05, 0.1) is 25.0 Å². The Morgan fingerprint density at radius 1 is 1.12 bits per heavy atom. The van der Waals surface area contributed by atoms with Gasteiger partial charge in [-0.2, -0.15) is 0 Å². The van der Waals surface area contributed by atoms with Crippen LogP contribution in [0.15, 0.2) is 59.5 Å². The summed E-state index contributed by atoms with van der Waals surface area (Å²) in [4.78, 5) is 15.9. The zero-order valence-corrected chi connectivity index (χ0v) is 16.0. The Hall–Kier alpha value is -1.82. The number of carbonyl (C=O) groups excluding carboxylic acids is 1. The van der Waals surface area contributed by atoms with Gasteiger partial charge in [0, 0.05) is 24.5 Å². The van der Waals surface area contributed by atoms with Crippen molar-refractivity contribution in [3.05, 3.63) is 65.7 Å². The zero-order valence-electron chi connectivity index (χ0n) is 15.2. The van der Waals surface area contributed by atoms with Gasteiger partial charge in [-0.1, -0.05) is 48.5 Å². The second-order valence-electron chi connectivity index (χ2n) is 6.43. The second-order valence-corrected chi connectivity index (χ2v) is 7.45. The summed E-state index contributed by atoms with van der Waals surface area (Å²) < 4.78 is 5.48. The smallest absolute Gasteiger partial charge is 0.230 e. The maximum atomic E-state index is 12.4. The molecule has 1 unspecified atom stereocenters. The molecule has 2 aromatic rings. The topological polar surface area (TPSA) is 41.6 Å². The number of amides is 1. The summed E-state index contributed by atoms with van der Waals surface area (Å²) in [6.45, 7) is 5.99. The first-order valence-electron chi connectivity index (χ1n) is 9.06. The molecule has 0 spiro atoms. The third-order valence-electron chi connectivity index (χ3n) is 4.62. The molecule has 0 bridgehead atoms. The highest BCUT2D eigenvalue weighted by molar-refractivity contribution is 8.00. The maximum absolute atomic E-state index is 12.4. The first kappa shape index (κ1) is 19.0. The highest BCUT2D eigenvalue weighted by Crippen LogP contribution is 2.23. The minimum absolute atomic E-state index is 0.0763. The predicted molar refractivity (Wildman–Crippen MR) is 106 cm³/mol. The maximum Gasteiger partial charge on any atom is 0.230 e. The van der Waals surface area contributed by atoms with Crippen molar-refractivity contribution < 1.29 is 9.53 Å². The largest absolute Gasteiger partial charge is 0.379 e. The molecule has 0 aromatic heterocycles. The molecule has 3 rings (SSSR count). The molecule has 1 atom stereocenters. The quantitative estimate of drug-likeness (QED) is 0.760. The number of nitrogens with zero attached hydrogens (tertiary/aromatic N) is 1. The summed E-state index contributed by atoms with van der Waals surface area (Å²) in [6.07, 6.45) is 0. The van der Waals surface area contributed by atoms with E-state index in [9.17, 15) is 4.79 Å². The summed E-state index contributed by atoms with van der Waals surface area (Å²) in [5.41, 5.74) is 2.45. The van der Waals surface area contributed by atoms with Crippen LogP contribution in [-0.4, -0.2) is 49.4 Å². The summed E-state index contributed by atoms with van der Waals surface area (Å²) in [5.74, 6) is 0.516. The van der Waals surface area contributed by atoms with Crippen LogP contribution in [-0.2, 0) is 9.53 Å². The molecule has 1 aliphatic rings. The van der Waals surface area contributed by atoms with Crippen molar-refractivity contribution in [1.29, 1.82) is 0 Å². The lowest BCUT2D eigenvalue weighted by atomic mass is 10.0. The van der Waals surface area contributed by atoms with Gasteiger partial charge >= 0.3 is 0 Å². The van der Waals surface area contributed by atoms with Crippen LogP contribution in [0, 0.1) is 6.92 Å². The van der Waals surface area contributed by atoms with E-state index in [2.05, 4.69) is 53.5 Å². The molecule has 138 valence electrons. The molecule has 1 N–H and O–H groups in total. The Bertz CT molecular complexity index is 702. The molecule has 26 heavy (non-hydrogen) atoms. The highest BCUT2D eigenvalue weighted by Gasteiger charge is 2.23. The molecule has 0 aliphatic carbocycles. The summed E-state index contributed by atoms with van der Waals surface area (Å²) >= 11 is 1.59. The molecule has 2 aromatic carbocycles. The number of hydrogen-bond donors (Lipinski definition) is 1. The Kier molecular flexibility index (Phi) is 7.12. The number of thioether (sulfide) groups is 1. The first-order chi connectivity index (χ1) is 12.7. The lowest BCUT2D eigenvalue weighted by Crippen LogP contribution is -2.44. The van der Waals surface area contributed by atoms with Crippen molar-refractivity contribution in [3.63, 3.8) is 0 Å². The van der Waals surface area contributed by atoms with Gasteiger partial charge in [0.15, 0.2) is 0 Å². The molecule has 1 saturated heterocycles. The minimum atomic E-state index is 0.0763. The van der Waals surface area contributed by atoms with E-state index in [1.165, 1.54) is 11.1 Å². The first-order valence-corrected chi connectivity index (χ1v) is 10.0. The van der Waals surface area contributed by atoms with E-state index in [0.717, 1.165) is 31.2 Å². The number of ether oxygens (including phenoxy) is 1. The minimum Gasteiger partial charge on any atom is -0.379 e. The van der Waals surface area contributed by atoms with Crippen molar-refractivity contribution in [3.8, 4) is 0 Å². The fourth-order valence-electron chi connectivity index (χ4n) is 3.15. The zero-order chi connectivity index (χ0) is 18.2. The van der Waals surface area contributed by atoms with Crippen LogP contribution in [0.25, 0.3) is 0 Å². The van der Waals surface area contributed by atoms with Crippen LogP contribution in [0.1, 0.15) is 17.2 Å². The Morgan fingerprint density at radius 2 is 1.81 bits per heavy atom. The van der Waals surface area contributed by atoms with Gasteiger partial charge in [-0.05, 0) is 24.1 Å². The van der Waals surface area contributed by atoms with Crippen molar-refractivity contribution in [1.82, 2.24) is 10.2 Å². The lowest BCUT2D eigenvalue weighted by molar-refractivity contribution is -0.118. The van der Waals surface area contributed by atoms with Crippen molar-refractivity contribution in [2.75, 3.05) is 38.6 Å². The van der Waals surface area contributed by atoms with Gasteiger partial charge in [-0.15, -0.1) is 11.8 Å². The normalized spacial score (nSPS) is 16.2. The molecule has 0 saturated carbocycles. The van der Waals surface area contributed by atoms with Gasteiger partial charge < -0.3 is 10.1 Å². The van der Waals surface area contributed by atoms with E-state index in [-0.39, 0.29) is 11.9 Å². The number of carbonyl (C=O) groups is 1. The molecular weight excluding hydrogens is 344 g/mol. The van der Waals surface area contributed by atoms with E-state index < -0.39 is 0 Å². The second kappa shape index (κ2) is 9.76. The van der Waals surface area contributed by atoms with Crippen LogP contribution < -0.4 is 5.32 Å². The van der Waals surface area contributed by atoms with E-state index in [1.54, 1.807) is 11.8 Å². The third kappa shape index (κ3) is 5.34. The molecule has 1 aliphatic heterocycles. The fourth-order valence-corrected chi connectivity index (χ4v) is 4.00. The molecule has 0 radical (unpaired) electrons. The van der Waals surface area contributed by atoms with Crippen molar-refractivity contribution in [2.24, 2.45) is 0 Å². The number of rotatable bonds is 7. The third-order valence-corrected chi connectivity index (χ3v) is 5.79. The van der Waals surface area contributed by atoms with Crippen LogP contribution >= 0.6 is 11.8 Å². The summed E-state index contributed by atoms with van der Waals surface area (Å²) in [7, 11) is 0. The SMILES string of the molecule is Cc1ccccc1SCC(=O)NCC(c1ccccc1)N1CCOCC1. The van der Waals surface area contributed by atoms with Crippen LogP contribution in [0.5, 0.6) is 0 Å². The van der Waals surface area contributed by atoms with Crippen molar-refractivity contribution >= 4 is 17.7 Å². The molecule has 1 fully saturated rings. The standard InChI is InChI=1S/C21H26N2O2S/c1-17-7-5-6-10-20(17)26-16-21(24)22-15-19(18-8-3-2-4-9-18)23-11-13-25-14-12-23/h2-10,19H,11-16H2,1H3,(H,22,24). The number of benzene rings is 2.